The molecule has 150 valence electrons. The predicted octanol–water partition coefficient (Wildman–Crippen LogP) is 4.38. The zero-order chi connectivity index (χ0) is 19.8. The summed E-state index contributed by atoms with van der Waals surface area (Å²) in [5.74, 6) is 0.779. The number of hydrogen-bond donors (Lipinski definition) is 0. The van der Waals surface area contributed by atoms with Gasteiger partial charge in [-0.25, -0.2) is 0 Å². The number of rotatable bonds is 8. The molecule has 1 saturated carbocycles. The summed E-state index contributed by atoms with van der Waals surface area (Å²) in [5.41, 5.74) is 1.06. The Hall–Kier alpha value is -2.56. The van der Waals surface area contributed by atoms with Crippen molar-refractivity contribution in [2.45, 2.75) is 64.6 Å². The summed E-state index contributed by atoms with van der Waals surface area (Å²) in [7, 11) is 0. The summed E-state index contributed by atoms with van der Waals surface area (Å²) in [6.45, 7) is 2.91. The van der Waals surface area contributed by atoms with Gasteiger partial charge in [0.05, 0.1) is 12.8 Å². The molecule has 5 nitrogen and oxygen atoms in total. The third-order valence-corrected chi connectivity index (χ3v) is 5.44. The van der Waals surface area contributed by atoms with Gasteiger partial charge >= 0.3 is 0 Å². The molecule has 28 heavy (non-hydrogen) atoms. The molecular formula is C23H30N2O3. The molecule has 0 bridgehead atoms. The monoisotopic (exact) mass is 382 g/mol. The first-order valence-corrected chi connectivity index (χ1v) is 10.3. The second kappa shape index (κ2) is 10.1. The van der Waals surface area contributed by atoms with Crippen LogP contribution in [0.15, 0.2) is 53.1 Å². The van der Waals surface area contributed by atoms with Gasteiger partial charge in [0, 0.05) is 19.0 Å². The number of nitrogens with zero attached hydrogens (tertiary/aromatic N) is 2. The number of furan rings is 1. The van der Waals surface area contributed by atoms with E-state index in [9.17, 15) is 9.59 Å². The van der Waals surface area contributed by atoms with E-state index in [2.05, 4.69) is 0 Å². The first kappa shape index (κ1) is 20.2. The highest BCUT2D eigenvalue weighted by molar-refractivity contribution is 5.85. The molecule has 1 aliphatic carbocycles. The molecule has 0 spiro atoms. The van der Waals surface area contributed by atoms with E-state index < -0.39 is 0 Å². The molecule has 2 aromatic rings. The topological polar surface area (TPSA) is 53.8 Å². The van der Waals surface area contributed by atoms with Crippen LogP contribution in [-0.2, 0) is 22.7 Å². The Balaban J connectivity index is 1.74. The maximum Gasteiger partial charge on any atom is 0.242 e. The Morgan fingerprint density at radius 2 is 1.71 bits per heavy atom. The van der Waals surface area contributed by atoms with Crippen molar-refractivity contribution in [3.8, 4) is 0 Å². The fourth-order valence-corrected chi connectivity index (χ4v) is 3.89. The van der Waals surface area contributed by atoms with Crippen LogP contribution >= 0.6 is 0 Å². The van der Waals surface area contributed by atoms with Crippen LogP contribution in [0.2, 0.25) is 0 Å². The van der Waals surface area contributed by atoms with Gasteiger partial charge in [0.25, 0.3) is 0 Å². The summed E-state index contributed by atoms with van der Waals surface area (Å²) in [6.07, 6.45) is 7.53. The van der Waals surface area contributed by atoms with Crippen molar-refractivity contribution in [1.29, 1.82) is 0 Å². The summed E-state index contributed by atoms with van der Waals surface area (Å²) in [4.78, 5) is 29.4. The normalized spacial score (nSPS) is 14.6. The highest BCUT2D eigenvalue weighted by Crippen LogP contribution is 2.23. The van der Waals surface area contributed by atoms with E-state index in [1.807, 2.05) is 54.3 Å². The maximum atomic E-state index is 13.2. The van der Waals surface area contributed by atoms with Gasteiger partial charge in [-0.15, -0.1) is 0 Å². The molecule has 2 amide bonds. The molecule has 0 N–H and O–H groups in total. The van der Waals surface area contributed by atoms with E-state index in [1.54, 1.807) is 11.2 Å². The standard InChI is InChI=1S/C23H30N2O3/c1-2-22(26)25(20-12-7-4-8-13-20)18-23(27)24(17-21-14-9-15-28-21)16-19-10-5-3-6-11-19/h3,5-6,9-11,14-15,20H,2,4,7-8,12-13,16-18H2,1H3. The van der Waals surface area contributed by atoms with Gasteiger partial charge < -0.3 is 14.2 Å². The first-order chi connectivity index (χ1) is 13.7. The van der Waals surface area contributed by atoms with Crippen molar-refractivity contribution in [2.24, 2.45) is 0 Å². The Morgan fingerprint density at radius 1 is 0.964 bits per heavy atom. The summed E-state index contributed by atoms with van der Waals surface area (Å²) < 4.78 is 5.47. The van der Waals surface area contributed by atoms with Gasteiger partial charge in [0.1, 0.15) is 12.3 Å². The highest BCUT2D eigenvalue weighted by atomic mass is 16.3. The lowest BCUT2D eigenvalue weighted by molar-refractivity contribution is -0.143. The minimum Gasteiger partial charge on any atom is -0.467 e. The van der Waals surface area contributed by atoms with Gasteiger partial charge in [-0.1, -0.05) is 56.5 Å². The van der Waals surface area contributed by atoms with Crippen molar-refractivity contribution in [1.82, 2.24) is 9.80 Å². The molecule has 5 heteroatoms. The van der Waals surface area contributed by atoms with Crippen molar-refractivity contribution >= 4 is 11.8 Å². The Kier molecular flexibility index (Phi) is 7.29. The van der Waals surface area contributed by atoms with Crippen LogP contribution in [-0.4, -0.2) is 34.2 Å². The lowest BCUT2D eigenvalue weighted by Crippen LogP contribution is -2.47. The Bertz CT molecular complexity index is 736. The zero-order valence-electron chi connectivity index (χ0n) is 16.7. The van der Waals surface area contributed by atoms with E-state index in [1.165, 1.54) is 6.42 Å². The van der Waals surface area contributed by atoms with Crippen molar-refractivity contribution in [3.05, 3.63) is 60.1 Å². The van der Waals surface area contributed by atoms with Gasteiger partial charge in [0.15, 0.2) is 0 Å². The third-order valence-electron chi connectivity index (χ3n) is 5.44. The molecule has 0 atom stereocenters. The fourth-order valence-electron chi connectivity index (χ4n) is 3.89. The molecule has 3 rings (SSSR count). The highest BCUT2D eigenvalue weighted by Gasteiger charge is 2.28. The van der Waals surface area contributed by atoms with E-state index >= 15 is 0 Å². The number of carbonyl (C=O) groups excluding carboxylic acids is 2. The van der Waals surface area contributed by atoms with Crippen LogP contribution in [0.4, 0.5) is 0 Å². The number of benzene rings is 1. The van der Waals surface area contributed by atoms with E-state index in [0.717, 1.165) is 37.0 Å². The lowest BCUT2D eigenvalue weighted by atomic mass is 9.94. The van der Waals surface area contributed by atoms with Crippen molar-refractivity contribution in [2.75, 3.05) is 6.54 Å². The molecule has 1 aromatic heterocycles. The average Bonchev–Trinajstić information content (AvgIpc) is 3.25. The lowest BCUT2D eigenvalue weighted by Gasteiger charge is -2.35. The van der Waals surface area contributed by atoms with Crippen LogP contribution < -0.4 is 0 Å². The molecule has 1 heterocycles. The Labute approximate surface area is 167 Å². The minimum atomic E-state index is -0.0346. The average molecular weight is 383 g/mol. The van der Waals surface area contributed by atoms with Gasteiger partial charge in [-0.05, 0) is 30.5 Å². The predicted molar refractivity (Wildman–Crippen MR) is 108 cm³/mol. The number of carbonyl (C=O) groups is 2. The number of amides is 2. The Morgan fingerprint density at radius 3 is 2.36 bits per heavy atom. The quantitative estimate of drug-likeness (QED) is 0.681. The van der Waals surface area contributed by atoms with Crippen LogP contribution in [0.3, 0.4) is 0 Å². The molecule has 0 unspecified atom stereocenters. The van der Waals surface area contributed by atoms with Crippen LogP contribution in [0, 0.1) is 0 Å². The van der Waals surface area contributed by atoms with Gasteiger partial charge in [-0.2, -0.15) is 0 Å². The van der Waals surface area contributed by atoms with Gasteiger partial charge in [-0.3, -0.25) is 9.59 Å². The molecule has 0 radical (unpaired) electrons. The van der Waals surface area contributed by atoms with E-state index in [-0.39, 0.29) is 24.4 Å². The van der Waals surface area contributed by atoms with E-state index in [0.29, 0.717) is 19.5 Å². The zero-order valence-corrected chi connectivity index (χ0v) is 16.7. The molecule has 0 saturated heterocycles. The van der Waals surface area contributed by atoms with Crippen molar-refractivity contribution < 1.29 is 14.0 Å². The van der Waals surface area contributed by atoms with Crippen molar-refractivity contribution in [3.63, 3.8) is 0 Å². The smallest absolute Gasteiger partial charge is 0.242 e. The molecule has 1 aliphatic rings. The second-order valence-electron chi connectivity index (χ2n) is 7.48. The molecule has 0 aliphatic heterocycles. The molecule has 1 fully saturated rings. The number of hydrogen-bond acceptors (Lipinski definition) is 3. The largest absolute Gasteiger partial charge is 0.467 e. The van der Waals surface area contributed by atoms with Crippen LogP contribution in [0.5, 0.6) is 0 Å². The van der Waals surface area contributed by atoms with Gasteiger partial charge in [0.2, 0.25) is 11.8 Å². The second-order valence-corrected chi connectivity index (χ2v) is 7.48. The van der Waals surface area contributed by atoms with E-state index in [4.69, 9.17) is 4.42 Å². The first-order valence-electron chi connectivity index (χ1n) is 10.3. The van der Waals surface area contributed by atoms with Crippen LogP contribution in [0.25, 0.3) is 0 Å². The molecular weight excluding hydrogens is 352 g/mol. The van der Waals surface area contributed by atoms with Crippen LogP contribution in [0.1, 0.15) is 56.8 Å². The fraction of sp³-hybridized carbons (Fsp3) is 0.478. The minimum absolute atomic E-state index is 0.0346. The third kappa shape index (κ3) is 5.47. The summed E-state index contributed by atoms with van der Waals surface area (Å²) >= 11 is 0. The summed E-state index contributed by atoms with van der Waals surface area (Å²) in [6, 6.07) is 13.8. The molecule has 1 aromatic carbocycles. The SMILES string of the molecule is CCC(=O)N(CC(=O)N(Cc1ccccc1)Cc1ccco1)C1CCCCC1. The maximum absolute atomic E-state index is 13.2. The summed E-state index contributed by atoms with van der Waals surface area (Å²) in [5, 5.41) is 0.